The van der Waals surface area contributed by atoms with Crippen LogP contribution in [-0.4, -0.2) is 32.7 Å². The number of rotatable bonds is 5. The number of carbonyl (C=O) groups excluding carboxylic acids is 1. The Labute approximate surface area is 145 Å². The minimum atomic E-state index is -0.395. The van der Waals surface area contributed by atoms with Crippen LogP contribution in [0.25, 0.3) is 5.78 Å². The summed E-state index contributed by atoms with van der Waals surface area (Å²) in [5, 5.41) is 4.31. The molecule has 0 fully saturated rings. The summed E-state index contributed by atoms with van der Waals surface area (Å²) in [6, 6.07) is 7.65. The molecule has 25 heavy (non-hydrogen) atoms. The third-order valence-corrected chi connectivity index (χ3v) is 3.79. The molecule has 0 spiro atoms. The maximum Gasteiger partial charge on any atom is 0.313 e. The van der Waals surface area contributed by atoms with Crippen molar-refractivity contribution < 1.29 is 14.3 Å². The van der Waals surface area contributed by atoms with Gasteiger partial charge in [-0.15, -0.1) is 5.10 Å². The van der Waals surface area contributed by atoms with Crippen LogP contribution in [0.4, 0.5) is 0 Å². The van der Waals surface area contributed by atoms with Gasteiger partial charge in [-0.3, -0.25) is 4.79 Å². The average molecular weight is 340 g/mol. The second kappa shape index (κ2) is 6.88. The highest BCUT2D eigenvalue weighted by Crippen LogP contribution is 2.20. The highest BCUT2D eigenvalue weighted by molar-refractivity contribution is 5.71. The molecule has 0 unspecified atom stereocenters. The molecule has 1 aromatic carbocycles. The summed E-state index contributed by atoms with van der Waals surface area (Å²) in [6.45, 7) is 5.93. The zero-order chi connectivity index (χ0) is 18.0. The first-order chi connectivity index (χ1) is 12.0. The van der Waals surface area contributed by atoms with Gasteiger partial charge in [0.1, 0.15) is 18.8 Å². The molecule has 2 aromatic heterocycles. The van der Waals surface area contributed by atoms with Gasteiger partial charge < -0.3 is 9.47 Å². The van der Waals surface area contributed by atoms with Gasteiger partial charge in [-0.2, -0.15) is 4.98 Å². The quantitative estimate of drug-likeness (QED) is 0.663. The van der Waals surface area contributed by atoms with Gasteiger partial charge in [-0.25, -0.2) is 9.50 Å². The molecule has 0 aliphatic heterocycles. The lowest BCUT2D eigenvalue weighted by Crippen LogP contribution is -2.10. The Morgan fingerprint density at radius 3 is 2.72 bits per heavy atom. The first-order valence-electron chi connectivity index (χ1n) is 7.95. The number of nitrogens with zero attached hydrogens (tertiary/aromatic N) is 4. The summed E-state index contributed by atoms with van der Waals surface area (Å²) in [5.74, 6) is 1.18. The molecule has 3 aromatic rings. The van der Waals surface area contributed by atoms with Crippen molar-refractivity contribution in [2.24, 2.45) is 0 Å². The van der Waals surface area contributed by atoms with E-state index in [0.717, 1.165) is 22.5 Å². The lowest BCUT2D eigenvalue weighted by Gasteiger charge is -2.09. The number of methoxy groups -OCH3 is 1. The van der Waals surface area contributed by atoms with Crippen LogP contribution in [0.1, 0.15) is 28.3 Å². The summed E-state index contributed by atoms with van der Waals surface area (Å²) in [5.41, 5.74) is 3.68. The summed E-state index contributed by atoms with van der Waals surface area (Å²) < 4.78 is 12.3. The Kier molecular flexibility index (Phi) is 4.65. The van der Waals surface area contributed by atoms with E-state index in [-0.39, 0.29) is 13.0 Å². The average Bonchev–Trinajstić information content (AvgIpc) is 2.95. The van der Waals surface area contributed by atoms with Crippen molar-refractivity contribution in [3.63, 3.8) is 0 Å². The van der Waals surface area contributed by atoms with Crippen LogP contribution in [0.5, 0.6) is 5.75 Å². The Hall–Kier alpha value is -2.96. The van der Waals surface area contributed by atoms with Crippen LogP contribution in [0, 0.1) is 20.8 Å². The van der Waals surface area contributed by atoms with E-state index in [1.54, 1.807) is 11.6 Å². The number of carbonyl (C=O) groups is 1. The fraction of sp³-hybridized carbons (Fsp3) is 0.333. The number of ether oxygens (including phenoxy) is 2. The minimum Gasteiger partial charge on any atom is -0.496 e. The van der Waals surface area contributed by atoms with E-state index in [1.807, 2.05) is 45.0 Å². The van der Waals surface area contributed by atoms with Crippen molar-refractivity contribution in [2.45, 2.75) is 33.8 Å². The first-order valence-corrected chi connectivity index (χ1v) is 7.95. The van der Waals surface area contributed by atoms with Crippen LogP contribution in [0.15, 0.2) is 24.3 Å². The number of benzene rings is 1. The van der Waals surface area contributed by atoms with Crippen LogP contribution < -0.4 is 4.74 Å². The maximum absolute atomic E-state index is 12.1. The molecule has 0 saturated heterocycles. The van der Waals surface area contributed by atoms with Gasteiger partial charge in [0, 0.05) is 17.0 Å². The predicted octanol–water partition coefficient (Wildman–Crippen LogP) is 2.34. The van der Waals surface area contributed by atoms with Crippen LogP contribution in [-0.2, 0) is 22.6 Å². The third-order valence-electron chi connectivity index (χ3n) is 3.79. The van der Waals surface area contributed by atoms with Crippen molar-refractivity contribution >= 4 is 11.7 Å². The number of fused-ring (bicyclic) bond motifs is 1. The normalized spacial score (nSPS) is 10.9. The molecule has 0 atom stereocenters. The van der Waals surface area contributed by atoms with Gasteiger partial charge in [0.15, 0.2) is 5.82 Å². The lowest BCUT2D eigenvalue weighted by atomic mass is 10.1. The first kappa shape index (κ1) is 16.9. The number of aryl methyl sites for hydroxylation is 3. The van der Waals surface area contributed by atoms with Crippen LogP contribution >= 0.6 is 0 Å². The number of hydrogen-bond donors (Lipinski definition) is 0. The Bertz CT molecular complexity index is 933. The van der Waals surface area contributed by atoms with Gasteiger partial charge in [-0.1, -0.05) is 11.6 Å². The molecule has 7 nitrogen and oxygen atoms in total. The Morgan fingerprint density at radius 1 is 1.16 bits per heavy atom. The van der Waals surface area contributed by atoms with Crippen molar-refractivity contribution in [1.82, 2.24) is 19.6 Å². The fourth-order valence-electron chi connectivity index (χ4n) is 2.64. The molecule has 130 valence electrons. The van der Waals surface area contributed by atoms with Gasteiger partial charge in [0.05, 0.1) is 7.11 Å². The Morgan fingerprint density at radius 2 is 1.96 bits per heavy atom. The molecule has 0 N–H and O–H groups in total. The molecule has 0 saturated carbocycles. The third kappa shape index (κ3) is 3.76. The summed E-state index contributed by atoms with van der Waals surface area (Å²) in [7, 11) is 1.59. The summed E-state index contributed by atoms with van der Waals surface area (Å²) in [4.78, 5) is 20.7. The van der Waals surface area contributed by atoms with E-state index in [9.17, 15) is 4.79 Å². The van der Waals surface area contributed by atoms with Crippen LogP contribution in [0.3, 0.4) is 0 Å². The minimum absolute atomic E-state index is 0.00399. The molecule has 3 rings (SSSR count). The topological polar surface area (TPSA) is 78.6 Å². The Balaban J connectivity index is 1.69. The highest BCUT2D eigenvalue weighted by atomic mass is 16.5. The molecule has 0 bridgehead atoms. The van der Waals surface area contributed by atoms with E-state index in [1.165, 1.54) is 0 Å². The van der Waals surface area contributed by atoms with E-state index in [2.05, 4.69) is 15.1 Å². The fourth-order valence-corrected chi connectivity index (χ4v) is 2.64. The molecule has 0 radical (unpaired) electrons. The zero-order valence-electron chi connectivity index (χ0n) is 14.7. The second-order valence-corrected chi connectivity index (χ2v) is 5.93. The summed E-state index contributed by atoms with van der Waals surface area (Å²) >= 11 is 0. The van der Waals surface area contributed by atoms with E-state index in [4.69, 9.17) is 9.47 Å². The molecule has 0 amide bonds. The van der Waals surface area contributed by atoms with Crippen molar-refractivity contribution in [2.75, 3.05) is 7.11 Å². The smallest absolute Gasteiger partial charge is 0.313 e. The zero-order valence-corrected chi connectivity index (χ0v) is 14.7. The molecular weight excluding hydrogens is 320 g/mol. The van der Waals surface area contributed by atoms with Crippen LogP contribution in [0.2, 0.25) is 0 Å². The van der Waals surface area contributed by atoms with Gasteiger partial charge in [0.25, 0.3) is 5.78 Å². The molecule has 0 aliphatic carbocycles. The van der Waals surface area contributed by atoms with E-state index in [0.29, 0.717) is 17.4 Å². The molecule has 2 heterocycles. The molecular formula is C18H20N4O3. The van der Waals surface area contributed by atoms with Gasteiger partial charge >= 0.3 is 5.97 Å². The van der Waals surface area contributed by atoms with E-state index < -0.39 is 5.97 Å². The standard InChI is InChI=1S/C18H20N4O3/c1-11-5-6-15(24-4)14(7-11)10-25-17(23)9-16-20-18-19-12(2)8-13(3)22(18)21-16/h5-8H,9-10H2,1-4H3. The SMILES string of the molecule is COc1ccc(C)cc1COC(=O)Cc1nc2nc(C)cc(C)n2n1. The molecule has 0 aliphatic rings. The summed E-state index contributed by atoms with van der Waals surface area (Å²) in [6.07, 6.45) is -0.00399. The maximum atomic E-state index is 12.1. The molecule has 7 heteroatoms. The van der Waals surface area contributed by atoms with Gasteiger partial charge in [0.2, 0.25) is 0 Å². The highest BCUT2D eigenvalue weighted by Gasteiger charge is 2.14. The predicted molar refractivity (Wildman–Crippen MR) is 91.5 cm³/mol. The second-order valence-electron chi connectivity index (χ2n) is 5.93. The van der Waals surface area contributed by atoms with Crippen molar-refractivity contribution in [3.8, 4) is 5.75 Å². The van der Waals surface area contributed by atoms with Gasteiger partial charge in [-0.05, 0) is 39.0 Å². The lowest BCUT2D eigenvalue weighted by molar-refractivity contribution is -0.144. The largest absolute Gasteiger partial charge is 0.496 e. The number of esters is 1. The number of aromatic nitrogens is 4. The van der Waals surface area contributed by atoms with Crippen molar-refractivity contribution in [3.05, 3.63) is 52.6 Å². The van der Waals surface area contributed by atoms with E-state index >= 15 is 0 Å². The number of hydrogen-bond acceptors (Lipinski definition) is 6. The van der Waals surface area contributed by atoms with Crippen molar-refractivity contribution in [1.29, 1.82) is 0 Å². The monoisotopic (exact) mass is 340 g/mol.